The van der Waals surface area contributed by atoms with Gasteiger partial charge in [-0.15, -0.1) is 0 Å². The van der Waals surface area contributed by atoms with Crippen molar-refractivity contribution in [3.63, 3.8) is 0 Å². The third-order valence-electron chi connectivity index (χ3n) is 8.69. The van der Waals surface area contributed by atoms with Crippen molar-refractivity contribution < 1.29 is 20.1 Å². The molecule has 5 nitrogen and oxygen atoms in total. The van der Waals surface area contributed by atoms with Gasteiger partial charge in [-0.3, -0.25) is 4.79 Å². The predicted molar refractivity (Wildman–Crippen MR) is 194 cm³/mol. The van der Waals surface area contributed by atoms with E-state index in [0.717, 1.165) is 51.4 Å². The Bertz CT molecular complexity index is 704. The molecule has 0 fully saturated rings. The highest BCUT2D eigenvalue weighted by atomic mass is 16.3. The predicted octanol–water partition coefficient (Wildman–Crippen LogP) is 10.4. The molecule has 0 radical (unpaired) electrons. The molecule has 0 saturated carbocycles. The zero-order valence-electron chi connectivity index (χ0n) is 29.7. The maximum Gasteiger partial charge on any atom is 0.220 e. The van der Waals surface area contributed by atoms with Crippen LogP contribution in [0.15, 0.2) is 36.5 Å². The highest BCUT2D eigenvalue weighted by molar-refractivity contribution is 5.76. The first-order valence-corrected chi connectivity index (χ1v) is 19.3. The second-order valence-electron chi connectivity index (χ2n) is 13.1. The van der Waals surface area contributed by atoms with E-state index in [2.05, 4.69) is 55.6 Å². The van der Waals surface area contributed by atoms with Gasteiger partial charge in [0, 0.05) is 6.42 Å². The second-order valence-corrected chi connectivity index (χ2v) is 13.1. The van der Waals surface area contributed by atoms with Crippen LogP contribution in [0.25, 0.3) is 0 Å². The van der Waals surface area contributed by atoms with Gasteiger partial charge in [-0.05, 0) is 77.0 Å². The molecule has 0 bridgehead atoms. The maximum absolute atomic E-state index is 12.4. The minimum absolute atomic E-state index is 0.169. The summed E-state index contributed by atoms with van der Waals surface area (Å²) in [5.74, 6) is -0.169. The molecule has 0 spiro atoms. The van der Waals surface area contributed by atoms with Crippen molar-refractivity contribution in [1.29, 1.82) is 0 Å². The summed E-state index contributed by atoms with van der Waals surface area (Å²) in [7, 11) is 0. The Hall–Kier alpha value is -1.43. The summed E-state index contributed by atoms with van der Waals surface area (Å²) >= 11 is 0. The lowest BCUT2D eigenvalue weighted by atomic mass is 10.0. The quantitative estimate of drug-likeness (QED) is 0.0419. The minimum atomic E-state index is -1.17. The van der Waals surface area contributed by atoms with Gasteiger partial charge < -0.3 is 20.6 Å². The van der Waals surface area contributed by atoms with E-state index in [1.54, 1.807) is 0 Å². The lowest BCUT2D eigenvalue weighted by molar-refractivity contribution is -0.124. The molecule has 0 aliphatic rings. The fourth-order valence-corrected chi connectivity index (χ4v) is 5.64. The Morgan fingerprint density at radius 1 is 0.533 bits per heavy atom. The number of hydrogen-bond acceptors (Lipinski definition) is 4. The van der Waals surface area contributed by atoms with Crippen molar-refractivity contribution in [2.75, 3.05) is 6.61 Å². The van der Waals surface area contributed by atoms with Crippen LogP contribution in [-0.4, -0.2) is 46.1 Å². The Balaban J connectivity index is 3.75. The summed E-state index contributed by atoms with van der Waals surface area (Å²) in [5.41, 5.74) is 0. The van der Waals surface area contributed by atoms with Gasteiger partial charge in [-0.1, -0.05) is 140 Å². The average Bonchev–Trinajstić information content (AvgIpc) is 3.04. The molecule has 1 amide bonds. The highest BCUT2D eigenvalue weighted by Crippen LogP contribution is 2.13. The van der Waals surface area contributed by atoms with Gasteiger partial charge >= 0.3 is 0 Å². The van der Waals surface area contributed by atoms with Gasteiger partial charge in [-0.25, -0.2) is 0 Å². The van der Waals surface area contributed by atoms with Crippen molar-refractivity contribution in [1.82, 2.24) is 5.32 Å². The van der Waals surface area contributed by atoms with E-state index >= 15 is 0 Å². The number of rotatable bonds is 34. The summed E-state index contributed by atoms with van der Waals surface area (Å²) in [4.78, 5) is 12.4. The van der Waals surface area contributed by atoms with Crippen molar-refractivity contribution in [2.45, 2.75) is 205 Å². The van der Waals surface area contributed by atoms with Crippen LogP contribution in [0.5, 0.6) is 0 Å². The first kappa shape index (κ1) is 43.6. The van der Waals surface area contributed by atoms with E-state index in [-0.39, 0.29) is 12.5 Å². The molecule has 0 rings (SSSR count). The molecule has 4 N–H and O–H groups in total. The number of nitrogens with one attached hydrogen (secondary N) is 1. The minimum Gasteiger partial charge on any atom is -0.394 e. The van der Waals surface area contributed by atoms with Crippen LogP contribution in [0.3, 0.4) is 0 Å². The van der Waals surface area contributed by atoms with Gasteiger partial charge in [0.25, 0.3) is 0 Å². The van der Waals surface area contributed by atoms with Crippen LogP contribution < -0.4 is 5.32 Å². The van der Waals surface area contributed by atoms with E-state index in [1.165, 1.54) is 109 Å². The largest absolute Gasteiger partial charge is 0.394 e. The monoisotopic (exact) mass is 634 g/mol. The Morgan fingerprint density at radius 3 is 1.38 bits per heavy atom. The molecule has 0 aromatic heterocycles. The molecule has 3 unspecified atom stereocenters. The fourth-order valence-electron chi connectivity index (χ4n) is 5.64. The third-order valence-corrected chi connectivity index (χ3v) is 8.69. The second kappa shape index (κ2) is 35.4. The van der Waals surface area contributed by atoms with Crippen LogP contribution in [0.1, 0.15) is 187 Å². The number of aliphatic hydroxyl groups excluding tert-OH is 3. The molecule has 0 aromatic carbocycles. The van der Waals surface area contributed by atoms with Crippen molar-refractivity contribution in [3.8, 4) is 0 Å². The highest BCUT2D eigenvalue weighted by Gasteiger charge is 2.26. The van der Waals surface area contributed by atoms with Gasteiger partial charge in [0.15, 0.2) is 0 Å². The van der Waals surface area contributed by atoms with Gasteiger partial charge in [0.05, 0.1) is 18.8 Å². The smallest absolute Gasteiger partial charge is 0.220 e. The third kappa shape index (κ3) is 31.0. The normalized spacial score (nSPS) is 14.2. The Kier molecular flexibility index (Phi) is 34.3. The SMILES string of the molecule is CCCCCC/C=C/CC/C=C/CCCC(O)C(O)C(CO)NC(=O)CCCCCCC/C=C\CCCCCCCCCCC. The first-order valence-electron chi connectivity index (χ1n) is 19.3. The zero-order valence-corrected chi connectivity index (χ0v) is 29.7. The molecule has 0 aromatic rings. The number of carbonyl (C=O) groups excluding carboxylic acids is 1. The molecule has 45 heavy (non-hydrogen) atoms. The van der Waals surface area contributed by atoms with Crippen molar-refractivity contribution >= 4 is 5.91 Å². The Morgan fingerprint density at radius 2 is 0.911 bits per heavy atom. The molecule has 3 atom stereocenters. The van der Waals surface area contributed by atoms with Crippen LogP contribution >= 0.6 is 0 Å². The van der Waals surface area contributed by atoms with Crippen LogP contribution in [-0.2, 0) is 4.79 Å². The van der Waals surface area contributed by atoms with E-state index in [1.807, 2.05) is 0 Å². The van der Waals surface area contributed by atoms with E-state index in [4.69, 9.17) is 0 Å². The van der Waals surface area contributed by atoms with Gasteiger partial charge in [-0.2, -0.15) is 0 Å². The summed E-state index contributed by atoms with van der Waals surface area (Å²) in [6.45, 7) is 4.12. The molecule has 0 aliphatic carbocycles. The Labute approximate surface area is 279 Å². The number of carbonyl (C=O) groups is 1. The topological polar surface area (TPSA) is 89.8 Å². The summed E-state index contributed by atoms with van der Waals surface area (Å²) in [5, 5.41) is 33.3. The van der Waals surface area contributed by atoms with Gasteiger partial charge in [0.2, 0.25) is 5.91 Å². The molecule has 264 valence electrons. The molecular weight excluding hydrogens is 558 g/mol. The molecule has 0 heterocycles. The number of amides is 1. The summed E-state index contributed by atoms with van der Waals surface area (Å²) < 4.78 is 0. The van der Waals surface area contributed by atoms with Crippen LogP contribution in [0.2, 0.25) is 0 Å². The van der Waals surface area contributed by atoms with Crippen molar-refractivity contribution in [3.05, 3.63) is 36.5 Å². The fraction of sp³-hybridized carbons (Fsp3) is 0.825. The molecule has 5 heteroatoms. The molecular formula is C40H75NO4. The maximum atomic E-state index is 12.4. The van der Waals surface area contributed by atoms with E-state index < -0.39 is 18.2 Å². The van der Waals surface area contributed by atoms with E-state index in [0.29, 0.717) is 12.8 Å². The lowest BCUT2D eigenvalue weighted by Crippen LogP contribution is -2.50. The van der Waals surface area contributed by atoms with Crippen LogP contribution in [0.4, 0.5) is 0 Å². The van der Waals surface area contributed by atoms with E-state index in [9.17, 15) is 20.1 Å². The summed E-state index contributed by atoms with van der Waals surface area (Å²) in [6.07, 6.45) is 42.4. The first-order chi connectivity index (χ1) is 22.1. The standard InChI is InChI=1S/C40H75NO4/c1-3-5-7-9-11-13-15-17-18-19-20-21-23-25-27-29-31-33-35-39(44)41-37(36-42)40(45)38(43)34-32-30-28-26-24-22-16-14-12-10-8-6-4-2/h14,16,20-21,26,28,37-38,40,42-43,45H,3-13,15,17-19,22-25,27,29-36H2,1-2H3,(H,41,44)/b16-14+,21-20-,28-26+. The van der Waals surface area contributed by atoms with Crippen LogP contribution in [0, 0.1) is 0 Å². The number of hydrogen-bond donors (Lipinski definition) is 4. The molecule has 0 saturated heterocycles. The van der Waals surface area contributed by atoms with Crippen molar-refractivity contribution in [2.24, 2.45) is 0 Å². The number of unbranched alkanes of at least 4 members (excludes halogenated alkanes) is 20. The number of allylic oxidation sites excluding steroid dienone is 6. The average molecular weight is 634 g/mol. The molecule has 0 aliphatic heterocycles. The summed E-state index contributed by atoms with van der Waals surface area (Å²) in [6, 6.07) is -0.834. The van der Waals surface area contributed by atoms with Gasteiger partial charge in [0.1, 0.15) is 6.10 Å². The lowest BCUT2D eigenvalue weighted by Gasteiger charge is -2.26. The zero-order chi connectivity index (χ0) is 33.1. The number of aliphatic hydroxyl groups is 3.